The van der Waals surface area contributed by atoms with Crippen LogP contribution in [0.2, 0.25) is 0 Å². The second-order valence-corrected chi connectivity index (χ2v) is 11.0. The van der Waals surface area contributed by atoms with Gasteiger partial charge in [0.15, 0.2) is 6.20 Å². The molecule has 39 heavy (non-hydrogen) atoms. The topological polar surface area (TPSA) is 112 Å². The Morgan fingerprint density at radius 1 is 1.00 bits per heavy atom. The summed E-state index contributed by atoms with van der Waals surface area (Å²) in [5.74, 6) is -1.29. The molecule has 16 heteroatoms. The number of pyridine rings is 1. The number of carbonyl (C=O) groups is 3. The van der Waals surface area contributed by atoms with E-state index in [4.69, 9.17) is 0 Å². The molecule has 9 nitrogen and oxygen atoms in total. The average Bonchev–Trinajstić information content (AvgIpc) is 3.33. The Kier molecular flexibility index (Phi) is 7.39. The first-order chi connectivity index (χ1) is 17.7. The number of H-pyrrole nitrogens is 1. The summed E-state index contributed by atoms with van der Waals surface area (Å²) in [7, 11) is -10.7. The Morgan fingerprint density at radius 3 is 1.97 bits per heavy atom. The summed E-state index contributed by atoms with van der Waals surface area (Å²) in [6, 6.07) is 9.33. The van der Waals surface area contributed by atoms with Gasteiger partial charge in [-0.25, -0.2) is 0 Å². The summed E-state index contributed by atoms with van der Waals surface area (Å²) in [4.78, 5) is 43.4. The first-order valence-electron chi connectivity index (χ1n) is 11.4. The Hall–Kier alpha value is -3.87. The number of rotatable bonds is 6. The van der Waals surface area contributed by atoms with E-state index in [1.165, 1.54) is 0 Å². The summed E-state index contributed by atoms with van der Waals surface area (Å²) < 4.78 is 61.0. The van der Waals surface area contributed by atoms with Crippen molar-refractivity contribution in [3.05, 3.63) is 65.1 Å². The maximum atomic E-state index is 12.8. The first-order valence-corrected chi connectivity index (χ1v) is 13.5. The molecule has 1 unspecified atom stereocenters. The van der Waals surface area contributed by atoms with Crippen molar-refractivity contribution in [3.8, 4) is 11.3 Å². The molecule has 1 aromatic carbocycles. The molecule has 3 heterocycles. The third-order valence-corrected chi connectivity index (χ3v) is 5.41. The van der Waals surface area contributed by atoms with Gasteiger partial charge in [0.25, 0.3) is 11.8 Å². The van der Waals surface area contributed by atoms with Crippen molar-refractivity contribution >= 4 is 25.5 Å². The predicted molar refractivity (Wildman–Crippen MR) is 129 cm³/mol. The summed E-state index contributed by atoms with van der Waals surface area (Å²) >= 11 is 0. The summed E-state index contributed by atoms with van der Waals surface area (Å²) in [6.45, 7) is 7.71. The van der Waals surface area contributed by atoms with E-state index in [1.54, 1.807) is 35.9 Å². The van der Waals surface area contributed by atoms with E-state index in [9.17, 15) is 39.6 Å². The third kappa shape index (κ3) is 8.57. The minimum absolute atomic E-state index is 0.264. The second-order valence-electron chi connectivity index (χ2n) is 9.09. The van der Waals surface area contributed by atoms with Gasteiger partial charge in [0.2, 0.25) is 11.6 Å². The van der Waals surface area contributed by atoms with Crippen LogP contribution in [-0.2, 0) is 11.3 Å². The van der Waals surface area contributed by atoms with Crippen LogP contribution in [0.5, 0.6) is 0 Å². The molecule has 0 saturated heterocycles. The molecule has 0 saturated carbocycles. The van der Waals surface area contributed by atoms with E-state index in [1.807, 2.05) is 39.1 Å². The Labute approximate surface area is 218 Å². The predicted octanol–water partition coefficient (Wildman–Crippen LogP) is 4.95. The van der Waals surface area contributed by atoms with Crippen LogP contribution in [0.3, 0.4) is 0 Å². The van der Waals surface area contributed by atoms with Crippen molar-refractivity contribution in [3.63, 3.8) is 0 Å². The number of aromatic amines is 1. The van der Waals surface area contributed by atoms with Gasteiger partial charge in [-0.2, -0.15) is 4.68 Å². The van der Waals surface area contributed by atoms with E-state index >= 15 is 0 Å². The van der Waals surface area contributed by atoms with Crippen LogP contribution in [0, 0.1) is 13.8 Å². The molecule has 2 atom stereocenters. The molecule has 1 aliphatic rings. The fourth-order valence-electron chi connectivity index (χ4n) is 3.92. The van der Waals surface area contributed by atoms with E-state index in [-0.39, 0.29) is 6.04 Å². The molecule has 3 aromatic rings. The van der Waals surface area contributed by atoms with Crippen molar-refractivity contribution in [2.75, 3.05) is 0 Å². The Morgan fingerprint density at radius 2 is 1.49 bits per heavy atom. The number of imide groups is 1. The van der Waals surface area contributed by atoms with Crippen LogP contribution < -0.4 is 10.00 Å². The molecule has 0 spiro atoms. The van der Waals surface area contributed by atoms with Gasteiger partial charge in [-0.3, -0.25) is 24.3 Å². The molecule has 3 amide bonds. The van der Waals surface area contributed by atoms with E-state index < -0.39 is 31.6 Å². The number of benzene rings is 1. The number of aryl methyl sites for hydroxylation is 2. The third-order valence-electron chi connectivity index (χ3n) is 5.41. The number of hydrogen-bond acceptors (Lipinski definition) is 5. The fraction of sp³-hybridized carbons (Fsp3) is 0.304. The molecule has 212 valence electrons. The summed E-state index contributed by atoms with van der Waals surface area (Å²) in [5, 5.41) is 10.2. The van der Waals surface area contributed by atoms with E-state index in [0.29, 0.717) is 17.7 Å². The molecular weight excluding hydrogens is 553 g/mol. The van der Waals surface area contributed by atoms with Gasteiger partial charge in [-0.05, 0) is 52.0 Å². The van der Waals surface area contributed by atoms with Gasteiger partial charge in [-0.1, -0.05) is 17.3 Å². The number of nitrogens with one attached hydrogen (secondary N) is 2. The van der Waals surface area contributed by atoms with Gasteiger partial charge in [0.1, 0.15) is 12.6 Å². The number of carbonyl (C=O) groups excluding carboxylic acids is 3. The molecule has 2 aromatic heterocycles. The van der Waals surface area contributed by atoms with Gasteiger partial charge >= 0.3 is 33.0 Å². The summed E-state index contributed by atoms with van der Waals surface area (Å²) in [5.41, 5.74) is 4.21. The Balaban J connectivity index is 0.000000532. The average molecular weight is 578 g/mol. The second kappa shape index (κ2) is 9.70. The number of amides is 3. The van der Waals surface area contributed by atoms with Crippen LogP contribution >= 0.6 is 7.81 Å². The number of fused-ring (bicyclic) bond motifs is 1. The fourth-order valence-corrected chi connectivity index (χ4v) is 3.92. The first kappa shape index (κ1) is 29.7. The summed E-state index contributed by atoms with van der Waals surface area (Å²) in [6.07, 6.45) is 1.87. The number of hydrogen-bond donors (Lipinski definition) is 2. The zero-order chi connectivity index (χ0) is 29.4. The number of nitrogens with zero attached hydrogens (tertiary/aromatic N) is 4. The van der Waals surface area contributed by atoms with Crippen molar-refractivity contribution in [1.29, 1.82) is 0 Å². The maximum absolute atomic E-state index is 12.8. The molecule has 2 N–H and O–H groups in total. The van der Waals surface area contributed by atoms with Crippen LogP contribution in [0.1, 0.15) is 46.0 Å². The van der Waals surface area contributed by atoms with Crippen LogP contribution in [0.15, 0.2) is 42.6 Å². The molecular formula is C23H25F6N6O3P. The van der Waals surface area contributed by atoms with E-state index in [0.717, 1.165) is 27.5 Å². The molecule has 4 rings (SSSR count). The van der Waals surface area contributed by atoms with E-state index in [2.05, 4.69) is 20.6 Å². The van der Waals surface area contributed by atoms with Gasteiger partial charge in [-0.15, -0.1) is 0 Å². The van der Waals surface area contributed by atoms with Crippen molar-refractivity contribution in [1.82, 2.24) is 25.5 Å². The quantitative estimate of drug-likeness (QED) is 0.186. The molecule has 0 bridgehead atoms. The van der Waals surface area contributed by atoms with Crippen molar-refractivity contribution < 1.29 is 44.2 Å². The standard InChI is InChI=1S/C23H24N6O3.F6P/c1-13-9-17(10-14(2)24-13)20-12-28(27-26-20)11-15(3)25-21(30)16(4)29-22(31)18-7-5-6-8-19(18)23(29)32;1-7(2,3,4,5)6/h5-10,12,15-16H,11H2,1-4H3,(H,25,30);/q;-1/p+1/t15?,16-;/m1./s1. The van der Waals surface area contributed by atoms with Crippen molar-refractivity contribution in [2.24, 2.45) is 0 Å². The SMILES string of the molecule is Cc1cc(-c2c[n+](CC(C)NC(=O)[C@@H](C)N3C(=O)c4ccccc4C3=O)[nH]n2)cc(C)n1.F[P-](F)(F)(F)(F)F. The minimum atomic E-state index is -10.7. The number of aromatic nitrogens is 4. The molecule has 0 fully saturated rings. The number of halogens is 6. The van der Waals surface area contributed by atoms with Gasteiger partial charge in [0, 0.05) is 22.0 Å². The van der Waals surface area contributed by atoms with Crippen LogP contribution in [-0.4, -0.2) is 50.0 Å². The molecule has 1 aliphatic heterocycles. The van der Waals surface area contributed by atoms with Crippen molar-refractivity contribution in [2.45, 2.75) is 46.3 Å². The monoisotopic (exact) mass is 578 g/mol. The van der Waals surface area contributed by atoms with Gasteiger partial charge in [0.05, 0.1) is 17.2 Å². The van der Waals surface area contributed by atoms with Crippen LogP contribution in [0.4, 0.5) is 25.2 Å². The normalized spacial score (nSPS) is 16.4. The van der Waals surface area contributed by atoms with Crippen LogP contribution in [0.25, 0.3) is 11.3 Å². The van der Waals surface area contributed by atoms with Gasteiger partial charge < -0.3 is 5.32 Å². The Bertz CT molecular complexity index is 1380. The molecule has 0 radical (unpaired) electrons. The zero-order valence-electron chi connectivity index (χ0n) is 21.1. The zero-order valence-corrected chi connectivity index (χ0v) is 22.0. The molecule has 0 aliphatic carbocycles.